The molecule has 0 aliphatic carbocycles. The number of imidazole rings is 2. The van der Waals surface area contributed by atoms with E-state index in [2.05, 4.69) is 147 Å². The Morgan fingerprint density at radius 2 is 1.00 bits per heavy atom. The van der Waals surface area contributed by atoms with Crippen molar-refractivity contribution in [3.8, 4) is 0 Å². The Morgan fingerprint density at radius 1 is 0.603 bits per heavy atom. The Kier molecular flexibility index (Phi) is 18.7. The van der Waals surface area contributed by atoms with Crippen LogP contribution in [0.4, 0.5) is 0 Å². The molecule has 0 amide bonds. The predicted octanol–water partition coefficient (Wildman–Crippen LogP) is 3.41. The fraction of sp³-hybridized carbons (Fsp3) is 0.333. The minimum absolute atomic E-state index is 0. The van der Waals surface area contributed by atoms with Gasteiger partial charge in [-0.1, -0.05) is 47.8 Å². The Morgan fingerprint density at radius 3 is 1.40 bits per heavy atom. The van der Waals surface area contributed by atoms with Crippen molar-refractivity contribution >= 4 is 79.3 Å². The molecule has 0 bridgehead atoms. The molecule has 0 fully saturated rings. The van der Waals surface area contributed by atoms with Gasteiger partial charge in [-0.25, -0.2) is 9.97 Å². The monoisotopic (exact) mass is 904 g/mol. The molecule has 4 heterocycles. The molecular weight excluding hydrogens is 851 g/mol. The average Bonchev–Trinajstić information content (AvgIpc) is 3.91. The van der Waals surface area contributed by atoms with Gasteiger partial charge in [0.2, 0.25) is 0 Å². The number of thioether (sulfide) groups is 2. The van der Waals surface area contributed by atoms with E-state index in [1.165, 1.54) is 66.3 Å². The van der Waals surface area contributed by atoms with E-state index in [9.17, 15) is 14.7 Å². The first-order valence-electron chi connectivity index (χ1n) is 20.4. The molecule has 63 heavy (non-hydrogen) atoms. The summed E-state index contributed by atoms with van der Waals surface area (Å²) in [5.74, 6) is -0.311. The van der Waals surface area contributed by atoms with E-state index >= 15 is 0 Å². The Bertz CT molecular complexity index is 2720. The first-order valence-corrected chi connectivity index (χ1v) is 22.4. The number of fused-ring (bicyclic) bond motifs is 4. The topological polar surface area (TPSA) is 153 Å². The maximum absolute atomic E-state index is 10.9. The van der Waals surface area contributed by atoms with Crippen LogP contribution < -0.4 is 64.2 Å². The van der Waals surface area contributed by atoms with Gasteiger partial charge in [-0.05, 0) is 142 Å². The van der Waals surface area contributed by atoms with Crippen LogP contribution in [-0.4, -0.2) is 62.3 Å². The molecule has 0 atom stereocenters. The number of carbonyl (C=O) groups excluding carboxylic acids is 1. The smallest absolute Gasteiger partial charge is 0.870 e. The summed E-state index contributed by atoms with van der Waals surface area (Å²) < 4.78 is 8.92. The Labute approximate surface area is 421 Å². The molecule has 0 unspecified atom stereocenters. The zero-order valence-electron chi connectivity index (χ0n) is 38.2. The zero-order valence-corrected chi connectivity index (χ0v) is 43.8. The average molecular weight is 905 g/mol. The first-order chi connectivity index (χ1) is 28.7. The van der Waals surface area contributed by atoms with Crippen LogP contribution in [0.25, 0.3) is 43.9 Å². The molecule has 8 rings (SSSR count). The second-order valence-corrected chi connectivity index (χ2v) is 18.1. The summed E-state index contributed by atoms with van der Waals surface area (Å²) in [4.78, 5) is 31.4. The molecule has 2 N–H and O–H groups in total. The van der Waals surface area contributed by atoms with Gasteiger partial charge in [0.05, 0.1) is 35.2 Å². The van der Waals surface area contributed by atoms with Gasteiger partial charge in [-0.15, -0.1) is 0 Å². The number of rotatable bonds is 14. The molecule has 4 aromatic heterocycles. The van der Waals surface area contributed by atoms with Crippen LogP contribution in [0, 0.1) is 41.5 Å². The van der Waals surface area contributed by atoms with Gasteiger partial charge in [-0.3, -0.25) is 4.79 Å². The molecular formula is C48H54N6Na2O5S2. The van der Waals surface area contributed by atoms with Crippen LogP contribution in [0.2, 0.25) is 0 Å². The third kappa shape index (κ3) is 11.7. The van der Waals surface area contributed by atoms with Crippen molar-refractivity contribution in [3.05, 3.63) is 118 Å². The van der Waals surface area contributed by atoms with Gasteiger partial charge >= 0.3 is 65.1 Å². The van der Waals surface area contributed by atoms with E-state index in [1.54, 1.807) is 23.5 Å². The van der Waals surface area contributed by atoms with Gasteiger partial charge in [0, 0.05) is 72.2 Å². The minimum Gasteiger partial charge on any atom is -0.870 e. The Hall–Kier alpha value is -3.50. The van der Waals surface area contributed by atoms with E-state index in [0.29, 0.717) is 18.6 Å². The number of carbonyl (C=O) groups is 2. The van der Waals surface area contributed by atoms with Crippen molar-refractivity contribution in [1.29, 1.82) is 0 Å². The van der Waals surface area contributed by atoms with Gasteiger partial charge in [0.15, 0.2) is 10.3 Å². The van der Waals surface area contributed by atoms with Crippen molar-refractivity contribution in [2.45, 2.75) is 90.6 Å². The van der Waals surface area contributed by atoms with Crippen molar-refractivity contribution in [2.24, 2.45) is 14.1 Å². The molecule has 0 aliphatic heterocycles. The third-order valence-corrected chi connectivity index (χ3v) is 13.6. The molecule has 4 aromatic carbocycles. The Balaban J connectivity index is 0.000000264. The zero-order chi connectivity index (χ0) is 42.8. The molecule has 15 heteroatoms. The van der Waals surface area contributed by atoms with E-state index in [0.717, 1.165) is 51.2 Å². The van der Waals surface area contributed by atoms with E-state index in [4.69, 9.17) is 15.1 Å². The number of aliphatic carboxylic acids is 2. The fourth-order valence-corrected chi connectivity index (χ4v) is 9.96. The summed E-state index contributed by atoms with van der Waals surface area (Å²) in [5, 5.41) is 24.2. The standard InChI is InChI=1S/2C24H27N3O2S.2Na.H2O/c2*1-15-7-5-8-20-23(15)18(13-26(20)4)14-27-21-12-17(3)16(2)11-19(21)25-24(27)30-10-6-9-22(28)29;;;/h2*5,7-8,11-13H,6,9-10,14H2,1-4H3,(H,28,29);;;1H2/q;;2*+1;/p-2. The van der Waals surface area contributed by atoms with Gasteiger partial charge in [0.1, 0.15) is 0 Å². The van der Waals surface area contributed by atoms with Gasteiger partial charge in [0.25, 0.3) is 0 Å². The van der Waals surface area contributed by atoms with Gasteiger partial charge < -0.3 is 38.8 Å². The van der Waals surface area contributed by atoms with Crippen molar-refractivity contribution in [2.75, 3.05) is 11.5 Å². The number of hydrogen-bond donors (Lipinski definition) is 1. The second kappa shape index (κ2) is 22.6. The molecule has 11 nitrogen and oxygen atoms in total. The molecule has 0 saturated heterocycles. The summed E-state index contributed by atoms with van der Waals surface area (Å²) in [7, 11) is 4.17. The number of nitrogens with zero attached hydrogens (tertiary/aromatic N) is 6. The normalized spacial score (nSPS) is 11.0. The van der Waals surface area contributed by atoms with Crippen LogP contribution in [0.3, 0.4) is 0 Å². The largest absolute Gasteiger partial charge is 1.00 e. The third-order valence-electron chi connectivity index (χ3n) is 11.4. The van der Waals surface area contributed by atoms with E-state index < -0.39 is 11.9 Å². The number of aromatic nitrogens is 6. The minimum atomic E-state index is -0.999. The molecule has 0 saturated carbocycles. The summed E-state index contributed by atoms with van der Waals surface area (Å²) in [5.41, 5.74) is 16.7. The number of hydrogen-bond acceptors (Lipinski definition) is 8. The van der Waals surface area contributed by atoms with Crippen LogP contribution in [0.15, 0.2) is 83.4 Å². The van der Waals surface area contributed by atoms with Crippen molar-refractivity contribution < 1.29 is 84.4 Å². The summed E-state index contributed by atoms with van der Waals surface area (Å²) in [6, 6.07) is 21.5. The molecule has 0 spiro atoms. The quantitative estimate of drug-likeness (QED) is 0.0984. The van der Waals surface area contributed by atoms with Crippen LogP contribution in [-0.2, 0) is 36.8 Å². The maximum atomic E-state index is 10.9. The van der Waals surface area contributed by atoms with Crippen molar-refractivity contribution in [1.82, 2.24) is 28.2 Å². The number of carboxylic acids is 2. The molecule has 8 aromatic rings. The predicted molar refractivity (Wildman–Crippen MR) is 246 cm³/mol. The van der Waals surface area contributed by atoms with Crippen LogP contribution in [0.5, 0.6) is 0 Å². The summed E-state index contributed by atoms with van der Waals surface area (Å²) in [6.45, 7) is 14.3. The first kappa shape index (κ1) is 52.1. The fourth-order valence-electron chi connectivity index (χ4n) is 8.05. The van der Waals surface area contributed by atoms with Crippen LogP contribution in [0.1, 0.15) is 70.2 Å². The number of aryl methyl sites for hydroxylation is 8. The van der Waals surface area contributed by atoms with Crippen LogP contribution >= 0.6 is 23.5 Å². The van der Waals surface area contributed by atoms with Crippen molar-refractivity contribution in [3.63, 3.8) is 0 Å². The van der Waals surface area contributed by atoms with Gasteiger partial charge in [-0.2, -0.15) is 0 Å². The number of benzene rings is 4. The van der Waals surface area contributed by atoms with E-state index in [1.807, 2.05) is 0 Å². The maximum Gasteiger partial charge on any atom is 1.00 e. The molecule has 0 radical (unpaired) electrons. The summed E-state index contributed by atoms with van der Waals surface area (Å²) in [6.07, 6.45) is 5.89. The summed E-state index contributed by atoms with van der Waals surface area (Å²) >= 11 is 3.26. The molecule has 320 valence electrons. The second-order valence-electron chi connectivity index (χ2n) is 15.9. The molecule has 0 aliphatic rings. The number of carboxylic acid groups (broad SMARTS) is 2. The van der Waals surface area contributed by atoms with E-state index in [-0.39, 0.29) is 77.4 Å². The SMILES string of the molecule is Cc1cc2nc(SCCCC(=O)O)n(Cc3cn(C)c4cccc(C)c34)c2cc1C.Cc1cc2nc(SCCCC(=O)[O-])n(Cc3cn(C)c4cccc(C)c34)c2cc1C.[Na+].[Na+].[OH-].